The van der Waals surface area contributed by atoms with E-state index in [2.05, 4.69) is 33.4 Å². The number of aliphatic hydroxyl groups is 1. The molecule has 8 nitrogen and oxygen atoms in total. The molecule has 0 radical (unpaired) electrons. The molecule has 3 aromatic rings. The van der Waals surface area contributed by atoms with Crippen molar-refractivity contribution in [3.63, 3.8) is 0 Å². The van der Waals surface area contributed by atoms with Gasteiger partial charge in [-0.3, -0.25) is 4.79 Å². The summed E-state index contributed by atoms with van der Waals surface area (Å²) in [5, 5.41) is 12.8. The van der Waals surface area contributed by atoms with Gasteiger partial charge in [-0.15, -0.1) is 0 Å². The lowest BCUT2D eigenvalue weighted by Gasteiger charge is -2.31. The topological polar surface area (TPSA) is 109 Å². The maximum absolute atomic E-state index is 13.1. The third kappa shape index (κ3) is 5.38. The Morgan fingerprint density at radius 1 is 1.05 bits per heavy atom. The maximum atomic E-state index is 13.1. The summed E-state index contributed by atoms with van der Waals surface area (Å²) in [4.78, 5) is 20.1. The van der Waals surface area contributed by atoms with Crippen LogP contribution in [0.2, 0.25) is 0 Å². The van der Waals surface area contributed by atoms with E-state index in [1.165, 1.54) is 48.9 Å². The predicted molar refractivity (Wildman–Crippen MR) is 149 cm³/mol. The number of anilines is 2. The fourth-order valence-electron chi connectivity index (χ4n) is 5.15. The normalized spacial score (nSPS) is 17.7. The average Bonchev–Trinajstić information content (AvgIpc) is 3.88. The van der Waals surface area contributed by atoms with E-state index in [1.807, 2.05) is 6.07 Å². The smallest absolute Gasteiger partial charge is 0.270 e. The van der Waals surface area contributed by atoms with Gasteiger partial charge in [0.1, 0.15) is 18.0 Å². The number of nitrogens with one attached hydrogen (secondary N) is 1. The summed E-state index contributed by atoms with van der Waals surface area (Å²) < 4.78 is 30.1. The molecular weight excluding hydrogens is 514 g/mol. The highest BCUT2D eigenvalue weighted by atomic mass is 32.2. The van der Waals surface area contributed by atoms with Crippen molar-refractivity contribution >= 4 is 27.1 Å². The second kappa shape index (κ2) is 10.3. The van der Waals surface area contributed by atoms with Crippen LogP contribution in [-0.4, -0.2) is 49.9 Å². The quantitative estimate of drug-likeness (QED) is 0.402. The van der Waals surface area contributed by atoms with Crippen LogP contribution in [0.4, 0.5) is 11.4 Å². The summed E-state index contributed by atoms with van der Waals surface area (Å²) in [5.41, 5.74) is 5.61. The second-order valence-corrected chi connectivity index (χ2v) is 12.9. The van der Waals surface area contributed by atoms with Gasteiger partial charge in [0.2, 0.25) is 5.88 Å². The van der Waals surface area contributed by atoms with E-state index in [-0.39, 0.29) is 22.9 Å². The van der Waals surface area contributed by atoms with Gasteiger partial charge in [-0.25, -0.2) is 13.4 Å². The molecule has 0 saturated heterocycles. The number of pyridine rings is 1. The van der Waals surface area contributed by atoms with Gasteiger partial charge >= 0.3 is 0 Å². The molecule has 6 rings (SSSR count). The van der Waals surface area contributed by atoms with Crippen LogP contribution >= 0.6 is 0 Å². The minimum Gasteiger partial charge on any atom is -0.474 e. The Bertz CT molecular complexity index is 1470. The van der Waals surface area contributed by atoms with Crippen molar-refractivity contribution < 1.29 is 23.1 Å². The number of carbonyl (C=O) groups is 1. The standard InChI is InChI=1S/C30H33N3O5S/c1-2-39(36,37)25-9-7-21(8-10-25)27(18-34)31-29(35)26-11-12-28-30(32-26)38-14-13-33(28)24-16-22(19-3-4-19)15-23(17-24)20-5-6-20/h7-12,15-17,19-20,27,34H,2-6,13-14,18H2,1H3,(H,31,35)/t27-/m0/s1. The van der Waals surface area contributed by atoms with Crippen LogP contribution in [-0.2, 0) is 9.84 Å². The Balaban J connectivity index is 1.22. The molecule has 1 aliphatic heterocycles. The first kappa shape index (κ1) is 25.8. The van der Waals surface area contributed by atoms with E-state index >= 15 is 0 Å². The van der Waals surface area contributed by atoms with Gasteiger partial charge in [-0.05, 0) is 90.6 Å². The van der Waals surface area contributed by atoms with E-state index < -0.39 is 21.8 Å². The zero-order chi connectivity index (χ0) is 27.1. The van der Waals surface area contributed by atoms with E-state index in [4.69, 9.17) is 4.74 Å². The number of amides is 1. The highest BCUT2D eigenvalue weighted by Gasteiger charge is 2.31. The van der Waals surface area contributed by atoms with Gasteiger partial charge < -0.3 is 20.1 Å². The fraction of sp³-hybridized carbons (Fsp3) is 0.400. The number of ether oxygens (including phenoxy) is 1. The van der Waals surface area contributed by atoms with E-state index in [0.717, 1.165) is 11.4 Å². The van der Waals surface area contributed by atoms with Gasteiger partial charge in [0.05, 0.1) is 29.8 Å². The van der Waals surface area contributed by atoms with Crippen LogP contribution < -0.4 is 15.0 Å². The lowest BCUT2D eigenvalue weighted by Crippen LogP contribution is -2.33. The molecule has 2 aliphatic carbocycles. The molecule has 9 heteroatoms. The molecule has 204 valence electrons. The van der Waals surface area contributed by atoms with Gasteiger partial charge in [0, 0.05) is 5.69 Å². The van der Waals surface area contributed by atoms with Crippen molar-refractivity contribution in [2.24, 2.45) is 0 Å². The minimum absolute atomic E-state index is 0.00361. The molecule has 2 aromatic carbocycles. The lowest BCUT2D eigenvalue weighted by atomic mass is 10.0. The minimum atomic E-state index is -3.33. The fourth-order valence-corrected chi connectivity index (χ4v) is 6.04. The van der Waals surface area contributed by atoms with Crippen LogP contribution in [0.1, 0.15) is 77.7 Å². The summed E-state index contributed by atoms with van der Waals surface area (Å²) in [7, 11) is -3.33. The van der Waals surface area contributed by atoms with Gasteiger partial charge in [0.25, 0.3) is 5.91 Å². The monoisotopic (exact) mass is 547 g/mol. The number of hydrogen-bond acceptors (Lipinski definition) is 7. The third-order valence-electron chi connectivity index (χ3n) is 7.80. The number of fused-ring (bicyclic) bond motifs is 1. The Kier molecular flexibility index (Phi) is 6.81. The molecule has 1 amide bonds. The summed E-state index contributed by atoms with van der Waals surface area (Å²) >= 11 is 0. The van der Waals surface area contributed by atoms with Crippen molar-refractivity contribution in [2.75, 3.05) is 30.4 Å². The molecule has 2 heterocycles. The molecule has 0 spiro atoms. The van der Waals surface area contributed by atoms with E-state index in [0.29, 0.717) is 36.4 Å². The number of nitrogens with zero attached hydrogens (tertiary/aromatic N) is 2. The van der Waals surface area contributed by atoms with Crippen molar-refractivity contribution in [1.29, 1.82) is 0 Å². The largest absolute Gasteiger partial charge is 0.474 e. The van der Waals surface area contributed by atoms with E-state index in [9.17, 15) is 18.3 Å². The Hall–Kier alpha value is -3.43. The average molecular weight is 548 g/mol. The molecule has 3 aliphatic rings. The van der Waals surface area contributed by atoms with Crippen LogP contribution in [0.25, 0.3) is 0 Å². The summed E-state index contributed by atoms with van der Waals surface area (Å²) in [6.45, 7) is 2.41. The number of hydrogen-bond donors (Lipinski definition) is 2. The number of aromatic nitrogens is 1. The second-order valence-electron chi connectivity index (χ2n) is 10.6. The van der Waals surface area contributed by atoms with Gasteiger partial charge in [0.15, 0.2) is 9.84 Å². The zero-order valence-electron chi connectivity index (χ0n) is 22.0. The molecule has 2 fully saturated rings. The number of carbonyl (C=O) groups excluding carboxylic acids is 1. The third-order valence-corrected chi connectivity index (χ3v) is 9.55. The zero-order valence-corrected chi connectivity index (χ0v) is 22.8. The van der Waals surface area contributed by atoms with Crippen LogP contribution in [0, 0.1) is 0 Å². The van der Waals surface area contributed by atoms with Gasteiger partial charge in [-0.1, -0.05) is 25.1 Å². The Morgan fingerprint density at radius 3 is 2.31 bits per heavy atom. The Labute approximate surface area is 228 Å². The Morgan fingerprint density at radius 2 is 1.72 bits per heavy atom. The number of rotatable bonds is 9. The summed E-state index contributed by atoms with van der Waals surface area (Å²) in [5.74, 6) is 1.30. The van der Waals surface area contributed by atoms with Crippen molar-refractivity contribution in [1.82, 2.24) is 10.3 Å². The molecule has 1 atom stereocenters. The SMILES string of the molecule is CCS(=O)(=O)c1ccc([C@H](CO)NC(=O)c2ccc3c(n2)OCCN3c2cc(C3CC3)cc(C3CC3)c2)cc1. The first-order valence-corrected chi connectivity index (χ1v) is 15.3. The number of aliphatic hydroxyl groups excluding tert-OH is 1. The van der Waals surface area contributed by atoms with Crippen LogP contribution in [0.15, 0.2) is 59.5 Å². The molecule has 1 aromatic heterocycles. The maximum Gasteiger partial charge on any atom is 0.270 e. The van der Waals surface area contributed by atoms with Crippen molar-refractivity contribution in [3.05, 3.63) is 77.0 Å². The number of benzene rings is 2. The highest BCUT2D eigenvalue weighted by Crippen LogP contribution is 2.47. The van der Waals surface area contributed by atoms with Gasteiger partial charge in [-0.2, -0.15) is 0 Å². The molecular formula is C30H33N3O5S. The highest BCUT2D eigenvalue weighted by molar-refractivity contribution is 7.91. The number of sulfone groups is 1. The first-order chi connectivity index (χ1) is 18.9. The molecule has 0 bridgehead atoms. The van der Waals surface area contributed by atoms with Crippen LogP contribution in [0.3, 0.4) is 0 Å². The predicted octanol–water partition coefficient (Wildman–Crippen LogP) is 4.62. The molecule has 0 unspecified atom stereocenters. The molecule has 2 N–H and O–H groups in total. The molecule has 39 heavy (non-hydrogen) atoms. The summed E-state index contributed by atoms with van der Waals surface area (Å²) in [6, 6.07) is 16.0. The summed E-state index contributed by atoms with van der Waals surface area (Å²) in [6.07, 6.45) is 5.02. The molecule has 2 saturated carbocycles. The van der Waals surface area contributed by atoms with Crippen LogP contribution in [0.5, 0.6) is 5.88 Å². The lowest BCUT2D eigenvalue weighted by molar-refractivity contribution is 0.0910. The first-order valence-electron chi connectivity index (χ1n) is 13.7. The van der Waals surface area contributed by atoms with Crippen molar-refractivity contribution in [2.45, 2.75) is 55.4 Å². The van der Waals surface area contributed by atoms with Crippen molar-refractivity contribution in [3.8, 4) is 5.88 Å². The van der Waals surface area contributed by atoms with E-state index in [1.54, 1.807) is 25.1 Å².